The first-order valence-electron chi connectivity index (χ1n) is 7.98. The van der Waals surface area contributed by atoms with Gasteiger partial charge in [0.1, 0.15) is 23.9 Å². The second-order valence-electron chi connectivity index (χ2n) is 5.37. The fraction of sp³-hybridized carbons (Fsp3) is 0.316. The van der Waals surface area contributed by atoms with Crippen LogP contribution in [-0.2, 0) is 4.79 Å². The Hall–Kier alpha value is -2.56. The van der Waals surface area contributed by atoms with Crippen LogP contribution in [0.5, 0.6) is 11.5 Å². The molecule has 0 aliphatic carbocycles. The zero-order valence-electron chi connectivity index (χ0n) is 13.9. The summed E-state index contributed by atoms with van der Waals surface area (Å²) < 4.78 is 24.0. The maximum Gasteiger partial charge on any atom is 0.261 e. The number of rotatable bonds is 8. The Morgan fingerprint density at radius 3 is 2.54 bits per heavy atom. The van der Waals surface area contributed by atoms with Crippen molar-refractivity contribution < 1.29 is 18.7 Å². The zero-order valence-corrected chi connectivity index (χ0v) is 13.9. The molecular formula is C19H22FNO3. The second kappa shape index (κ2) is 8.91. The van der Waals surface area contributed by atoms with Crippen LogP contribution in [-0.4, -0.2) is 25.2 Å². The van der Waals surface area contributed by atoms with Crippen LogP contribution in [0.1, 0.15) is 18.9 Å². The molecule has 0 saturated carbocycles. The van der Waals surface area contributed by atoms with E-state index in [1.54, 1.807) is 12.1 Å². The summed E-state index contributed by atoms with van der Waals surface area (Å²) in [6, 6.07) is 13.4. The van der Waals surface area contributed by atoms with Gasteiger partial charge in [0.05, 0.1) is 6.54 Å². The van der Waals surface area contributed by atoms with Gasteiger partial charge in [-0.3, -0.25) is 4.79 Å². The van der Waals surface area contributed by atoms with E-state index in [0.717, 1.165) is 5.56 Å². The molecule has 0 radical (unpaired) electrons. The van der Waals surface area contributed by atoms with Gasteiger partial charge in [-0.25, -0.2) is 4.39 Å². The lowest BCUT2D eigenvalue weighted by molar-refractivity contribution is -0.128. The Morgan fingerprint density at radius 2 is 1.88 bits per heavy atom. The first-order chi connectivity index (χ1) is 11.6. The molecule has 24 heavy (non-hydrogen) atoms. The Bertz CT molecular complexity index is 658. The number of aryl methyl sites for hydroxylation is 1. The standard InChI is InChI=1S/C19H22FNO3/c1-3-17(24-18-7-5-4-6-14(18)2)19(22)21-12-13-23-16-10-8-15(20)9-11-16/h4-11,17H,3,12-13H2,1-2H3,(H,21,22)/t17-/m1/s1. The van der Waals surface area contributed by atoms with Crippen LogP contribution in [0.25, 0.3) is 0 Å². The zero-order chi connectivity index (χ0) is 17.4. The Morgan fingerprint density at radius 1 is 1.17 bits per heavy atom. The van der Waals surface area contributed by atoms with E-state index in [1.165, 1.54) is 12.1 Å². The number of para-hydroxylation sites is 1. The molecule has 0 bridgehead atoms. The van der Waals surface area contributed by atoms with E-state index in [4.69, 9.17) is 9.47 Å². The van der Waals surface area contributed by atoms with Gasteiger partial charge >= 0.3 is 0 Å². The average molecular weight is 331 g/mol. The Labute approximate surface area is 141 Å². The third-order valence-corrected chi connectivity index (χ3v) is 3.51. The van der Waals surface area contributed by atoms with E-state index in [1.807, 2.05) is 38.1 Å². The van der Waals surface area contributed by atoms with Crippen LogP contribution in [0.15, 0.2) is 48.5 Å². The average Bonchev–Trinajstić information content (AvgIpc) is 2.59. The molecular weight excluding hydrogens is 309 g/mol. The third-order valence-electron chi connectivity index (χ3n) is 3.51. The summed E-state index contributed by atoms with van der Waals surface area (Å²) in [6.45, 7) is 4.50. The maximum atomic E-state index is 12.8. The van der Waals surface area contributed by atoms with Crippen LogP contribution in [0.4, 0.5) is 4.39 Å². The van der Waals surface area contributed by atoms with Crippen molar-refractivity contribution in [3.63, 3.8) is 0 Å². The van der Waals surface area contributed by atoms with Crippen molar-refractivity contribution in [2.45, 2.75) is 26.4 Å². The number of carbonyl (C=O) groups excluding carboxylic acids is 1. The quantitative estimate of drug-likeness (QED) is 0.753. The lowest BCUT2D eigenvalue weighted by Crippen LogP contribution is -2.39. The lowest BCUT2D eigenvalue weighted by Gasteiger charge is -2.18. The molecule has 2 aromatic carbocycles. The van der Waals surface area contributed by atoms with Crippen LogP contribution < -0.4 is 14.8 Å². The molecule has 0 aliphatic heterocycles. The van der Waals surface area contributed by atoms with E-state index in [-0.39, 0.29) is 11.7 Å². The highest BCUT2D eigenvalue weighted by molar-refractivity contribution is 5.81. The first-order valence-corrected chi connectivity index (χ1v) is 7.98. The molecule has 0 heterocycles. The summed E-state index contributed by atoms with van der Waals surface area (Å²) in [5.74, 6) is 0.786. The molecule has 0 saturated heterocycles. The van der Waals surface area contributed by atoms with E-state index in [0.29, 0.717) is 31.1 Å². The van der Waals surface area contributed by atoms with Crippen molar-refractivity contribution in [3.8, 4) is 11.5 Å². The molecule has 1 N–H and O–H groups in total. The van der Waals surface area contributed by atoms with Crippen molar-refractivity contribution in [1.82, 2.24) is 5.32 Å². The molecule has 2 aromatic rings. The first kappa shape index (κ1) is 17.8. The summed E-state index contributed by atoms with van der Waals surface area (Å²) in [7, 11) is 0. The molecule has 0 unspecified atom stereocenters. The number of halogens is 1. The minimum absolute atomic E-state index is 0.177. The van der Waals surface area contributed by atoms with E-state index in [2.05, 4.69) is 5.32 Å². The molecule has 0 fully saturated rings. The summed E-state index contributed by atoms with van der Waals surface area (Å²) in [5, 5.41) is 2.79. The number of hydrogen-bond acceptors (Lipinski definition) is 3. The molecule has 128 valence electrons. The molecule has 5 heteroatoms. The summed E-state index contributed by atoms with van der Waals surface area (Å²) in [4.78, 5) is 12.2. The number of benzene rings is 2. The predicted octanol–water partition coefficient (Wildman–Crippen LogP) is 3.49. The number of nitrogens with one attached hydrogen (secondary N) is 1. The van der Waals surface area contributed by atoms with E-state index >= 15 is 0 Å². The van der Waals surface area contributed by atoms with Crippen molar-refractivity contribution in [1.29, 1.82) is 0 Å². The predicted molar refractivity (Wildman–Crippen MR) is 90.8 cm³/mol. The van der Waals surface area contributed by atoms with Crippen LogP contribution in [0.2, 0.25) is 0 Å². The van der Waals surface area contributed by atoms with E-state index < -0.39 is 6.10 Å². The fourth-order valence-corrected chi connectivity index (χ4v) is 2.15. The van der Waals surface area contributed by atoms with E-state index in [9.17, 15) is 9.18 Å². The normalized spacial score (nSPS) is 11.6. The Kier molecular flexibility index (Phi) is 6.61. The van der Waals surface area contributed by atoms with Crippen LogP contribution >= 0.6 is 0 Å². The number of carbonyl (C=O) groups is 1. The summed E-state index contributed by atoms with van der Waals surface area (Å²) in [6.07, 6.45) is 0.0239. The van der Waals surface area contributed by atoms with Crippen LogP contribution in [0.3, 0.4) is 0 Å². The lowest BCUT2D eigenvalue weighted by atomic mass is 10.2. The molecule has 2 rings (SSSR count). The monoisotopic (exact) mass is 331 g/mol. The number of ether oxygens (including phenoxy) is 2. The third kappa shape index (κ3) is 5.26. The maximum absolute atomic E-state index is 12.8. The molecule has 1 amide bonds. The van der Waals surface area contributed by atoms with Gasteiger partial charge < -0.3 is 14.8 Å². The fourth-order valence-electron chi connectivity index (χ4n) is 2.15. The largest absolute Gasteiger partial charge is 0.492 e. The van der Waals surface area contributed by atoms with Gasteiger partial charge in [0.2, 0.25) is 0 Å². The number of hydrogen-bond donors (Lipinski definition) is 1. The SMILES string of the molecule is CC[C@@H](Oc1ccccc1C)C(=O)NCCOc1ccc(F)cc1. The van der Waals surface area contributed by atoms with Gasteiger partial charge in [-0.2, -0.15) is 0 Å². The Balaban J connectivity index is 1.77. The molecule has 0 spiro atoms. The highest BCUT2D eigenvalue weighted by Crippen LogP contribution is 2.18. The van der Waals surface area contributed by atoms with Gasteiger partial charge in [-0.05, 0) is 49.2 Å². The van der Waals surface area contributed by atoms with Crippen molar-refractivity contribution >= 4 is 5.91 Å². The summed E-state index contributed by atoms with van der Waals surface area (Å²) in [5.41, 5.74) is 0.989. The second-order valence-corrected chi connectivity index (χ2v) is 5.37. The van der Waals surface area contributed by atoms with Crippen molar-refractivity contribution in [2.24, 2.45) is 0 Å². The van der Waals surface area contributed by atoms with Gasteiger partial charge in [-0.15, -0.1) is 0 Å². The van der Waals surface area contributed by atoms with Crippen LogP contribution in [0, 0.1) is 12.7 Å². The molecule has 0 aromatic heterocycles. The topological polar surface area (TPSA) is 47.6 Å². The minimum atomic E-state index is -0.545. The van der Waals surface area contributed by atoms with Crippen molar-refractivity contribution in [3.05, 3.63) is 59.9 Å². The molecule has 4 nitrogen and oxygen atoms in total. The highest BCUT2D eigenvalue weighted by atomic mass is 19.1. The smallest absolute Gasteiger partial charge is 0.261 e. The number of amides is 1. The van der Waals surface area contributed by atoms with Gasteiger partial charge in [0.25, 0.3) is 5.91 Å². The van der Waals surface area contributed by atoms with Crippen molar-refractivity contribution in [2.75, 3.05) is 13.2 Å². The highest BCUT2D eigenvalue weighted by Gasteiger charge is 2.18. The molecule has 1 atom stereocenters. The van der Waals surface area contributed by atoms with Gasteiger partial charge in [0, 0.05) is 0 Å². The molecule has 0 aliphatic rings. The van der Waals surface area contributed by atoms with Gasteiger partial charge in [-0.1, -0.05) is 25.1 Å². The van der Waals surface area contributed by atoms with Gasteiger partial charge in [0.15, 0.2) is 6.10 Å². The summed E-state index contributed by atoms with van der Waals surface area (Å²) >= 11 is 0. The minimum Gasteiger partial charge on any atom is -0.492 e.